The Morgan fingerprint density at radius 1 is 1.25 bits per heavy atom. The van der Waals surface area contributed by atoms with Crippen LogP contribution in [0.25, 0.3) is 0 Å². The van der Waals surface area contributed by atoms with Gasteiger partial charge in [0, 0.05) is 5.92 Å². The summed E-state index contributed by atoms with van der Waals surface area (Å²) >= 11 is 0. The van der Waals surface area contributed by atoms with Crippen molar-refractivity contribution in [3.63, 3.8) is 0 Å². The summed E-state index contributed by atoms with van der Waals surface area (Å²) in [6.45, 7) is 7.11. The molecule has 2 nitrogen and oxygen atoms in total. The molecule has 2 atom stereocenters. The van der Waals surface area contributed by atoms with E-state index in [1.807, 2.05) is 13.8 Å². The van der Waals surface area contributed by atoms with Gasteiger partial charge in [0.25, 0.3) is 0 Å². The highest BCUT2D eigenvalue weighted by Gasteiger charge is 2.55. The molecule has 96 valence electrons. The van der Waals surface area contributed by atoms with Crippen molar-refractivity contribution in [2.45, 2.75) is 57.5 Å². The molecule has 1 aliphatic rings. The third-order valence-electron chi connectivity index (χ3n) is 3.21. The number of halogens is 3. The van der Waals surface area contributed by atoms with Crippen molar-refractivity contribution in [1.82, 2.24) is 5.32 Å². The predicted octanol–water partition coefficient (Wildman–Crippen LogP) is 2.73. The van der Waals surface area contributed by atoms with Crippen molar-refractivity contribution in [1.29, 1.82) is 0 Å². The molecule has 1 N–H and O–H groups in total. The third kappa shape index (κ3) is 2.69. The number of hydrogen-bond acceptors (Lipinski definition) is 2. The molecule has 0 aromatic carbocycles. The zero-order valence-electron chi connectivity index (χ0n) is 10.4. The summed E-state index contributed by atoms with van der Waals surface area (Å²) in [5.74, 6) is -0.563. The van der Waals surface area contributed by atoms with Crippen molar-refractivity contribution in [2.24, 2.45) is 5.92 Å². The topological polar surface area (TPSA) is 21.3 Å². The Balaban J connectivity index is 2.95. The number of alkyl halides is 3. The standard InChI is InChI=1S/C11H20F3NO/c1-9(2)6-7(10(3,4)16-9)8(15-5)11(12,13)14/h7-8,15H,6H2,1-5H3. The van der Waals surface area contributed by atoms with Crippen molar-refractivity contribution in [2.75, 3.05) is 7.05 Å². The van der Waals surface area contributed by atoms with E-state index >= 15 is 0 Å². The van der Waals surface area contributed by atoms with Crippen LogP contribution >= 0.6 is 0 Å². The smallest absolute Gasteiger partial charge is 0.369 e. The van der Waals surface area contributed by atoms with Crippen molar-refractivity contribution >= 4 is 0 Å². The van der Waals surface area contributed by atoms with Crippen LogP contribution in [0.2, 0.25) is 0 Å². The maximum absolute atomic E-state index is 12.8. The Morgan fingerprint density at radius 2 is 1.75 bits per heavy atom. The lowest BCUT2D eigenvalue weighted by molar-refractivity contribution is -0.179. The molecule has 1 aliphatic heterocycles. The fourth-order valence-corrected chi connectivity index (χ4v) is 2.72. The highest BCUT2D eigenvalue weighted by molar-refractivity contribution is 5.01. The summed E-state index contributed by atoms with van der Waals surface area (Å²) in [7, 11) is 1.35. The second-order valence-electron chi connectivity index (χ2n) is 5.58. The van der Waals surface area contributed by atoms with Crippen molar-refractivity contribution in [3.8, 4) is 0 Å². The second-order valence-corrected chi connectivity index (χ2v) is 5.58. The summed E-state index contributed by atoms with van der Waals surface area (Å²) in [6.07, 6.45) is -3.83. The molecule has 16 heavy (non-hydrogen) atoms. The molecule has 0 aromatic rings. The van der Waals surface area contributed by atoms with E-state index in [0.717, 1.165) is 0 Å². The van der Waals surface area contributed by atoms with Gasteiger partial charge in [-0.15, -0.1) is 0 Å². The molecule has 0 aromatic heterocycles. The number of ether oxygens (including phenoxy) is 1. The van der Waals surface area contributed by atoms with Crippen LogP contribution < -0.4 is 5.32 Å². The van der Waals surface area contributed by atoms with Gasteiger partial charge in [-0.2, -0.15) is 13.2 Å². The molecule has 1 fully saturated rings. The number of rotatable bonds is 2. The Morgan fingerprint density at radius 3 is 2.00 bits per heavy atom. The van der Waals surface area contributed by atoms with Crippen molar-refractivity contribution < 1.29 is 17.9 Å². The van der Waals surface area contributed by atoms with Gasteiger partial charge in [-0.25, -0.2) is 0 Å². The molecule has 0 amide bonds. The van der Waals surface area contributed by atoms with Crippen LogP contribution in [0.15, 0.2) is 0 Å². The Hall–Kier alpha value is -0.290. The van der Waals surface area contributed by atoms with Crippen LogP contribution in [0.5, 0.6) is 0 Å². The Bertz CT molecular complexity index is 260. The van der Waals surface area contributed by atoms with Crippen LogP contribution in [-0.4, -0.2) is 30.5 Å². The van der Waals surface area contributed by atoms with Crippen LogP contribution in [-0.2, 0) is 4.74 Å². The fourth-order valence-electron chi connectivity index (χ4n) is 2.72. The Labute approximate surface area is 94.5 Å². The van der Waals surface area contributed by atoms with E-state index in [4.69, 9.17) is 4.74 Å². The molecule has 5 heteroatoms. The maximum Gasteiger partial charge on any atom is 0.404 e. The van der Waals surface area contributed by atoms with Gasteiger partial charge in [-0.1, -0.05) is 0 Å². The first-order chi connectivity index (χ1) is 6.99. The van der Waals surface area contributed by atoms with E-state index in [2.05, 4.69) is 5.32 Å². The second kappa shape index (κ2) is 3.88. The van der Waals surface area contributed by atoms with Crippen LogP contribution in [0.4, 0.5) is 13.2 Å². The highest BCUT2D eigenvalue weighted by atomic mass is 19.4. The lowest BCUT2D eigenvalue weighted by Crippen LogP contribution is -2.51. The van der Waals surface area contributed by atoms with Gasteiger partial charge in [-0.05, 0) is 41.2 Å². The molecular weight excluding hydrogens is 219 g/mol. The van der Waals surface area contributed by atoms with Gasteiger partial charge in [0.1, 0.15) is 6.04 Å². The van der Waals surface area contributed by atoms with Gasteiger partial charge < -0.3 is 10.1 Å². The van der Waals surface area contributed by atoms with Crippen LogP contribution in [0, 0.1) is 5.92 Å². The minimum absolute atomic E-state index is 0.408. The molecular formula is C11H20F3NO. The minimum Gasteiger partial charge on any atom is -0.369 e. The molecule has 1 rings (SSSR count). The van der Waals surface area contributed by atoms with E-state index in [0.29, 0.717) is 6.42 Å². The molecule has 0 spiro atoms. The van der Waals surface area contributed by atoms with Gasteiger partial charge >= 0.3 is 6.18 Å². The van der Waals surface area contributed by atoms with Gasteiger partial charge in [0.2, 0.25) is 0 Å². The van der Waals surface area contributed by atoms with Crippen molar-refractivity contribution in [3.05, 3.63) is 0 Å². The number of nitrogens with one attached hydrogen (secondary N) is 1. The van der Waals surface area contributed by atoms with E-state index in [9.17, 15) is 13.2 Å². The molecule has 0 radical (unpaired) electrons. The van der Waals surface area contributed by atoms with Gasteiger partial charge in [-0.3, -0.25) is 0 Å². The van der Waals surface area contributed by atoms with Crippen LogP contribution in [0.1, 0.15) is 34.1 Å². The normalized spacial score (nSPS) is 30.4. The van der Waals surface area contributed by atoms with Crippen LogP contribution in [0.3, 0.4) is 0 Å². The van der Waals surface area contributed by atoms with E-state index in [-0.39, 0.29) is 0 Å². The maximum atomic E-state index is 12.8. The largest absolute Gasteiger partial charge is 0.404 e. The van der Waals surface area contributed by atoms with Gasteiger partial charge in [0.05, 0.1) is 11.2 Å². The summed E-state index contributed by atoms with van der Waals surface area (Å²) in [6, 6.07) is -1.51. The predicted molar refractivity (Wildman–Crippen MR) is 56.3 cm³/mol. The lowest BCUT2D eigenvalue weighted by atomic mass is 9.81. The van der Waals surface area contributed by atoms with E-state index < -0.39 is 29.3 Å². The zero-order chi connectivity index (χ0) is 12.8. The van der Waals surface area contributed by atoms with Gasteiger partial charge in [0.15, 0.2) is 0 Å². The summed E-state index contributed by atoms with van der Waals surface area (Å²) in [5.41, 5.74) is -1.25. The average molecular weight is 239 g/mol. The fraction of sp³-hybridized carbons (Fsp3) is 1.00. The molecule has 2 unspecified atom stereocenters. The monoisotopic (exact) mass is 239 g/mol. The average Bonchev–Trinajstić information content (AvgIpc) is 2.17. The molecule has 1 saturated heterocycles. The quantitative estimate of drug-likeness (QED) is 0.800. The highest BCUT2D eigenvalue weighted by Crippen LogP contribution is 2.46. The zero-order valence-corrected chi connectivity index (χ0v) is 10.4. The van der Waals surface area contributed by atoms with E-state index in [1.165, 1.54) is 7.05 Å². The first-order valence-electron chi connectivity index (χ1n) is 5.44. The lowest BCUT2D eigenvalue weighted by Gasteiger charge is -2.33. The SMILES string of the molecule is CNC(C1CC(C)(C)OC1(C)C)C(F)(F)F. The first-order valence-corrected chi connectivity index (χ1v) is 5.44. The summed E-state index contributed by atoms with van der Waals surface area (Å²) in [4.78, 5) is 0. The first kappa shape index (κ1) is 13.8. The molecule has 0 saturated carbocycles. The summed E-state index contributed by atoms with van der Waals surface area (Å²) in [5, 5.41) is 2.37. The third-order valence-corrected chi connectivity index (χ3v) is 3.21. The number of hydrogen-bond donors (Lipinski definition) is 1. The minimum atomic E-state index is -4.24. The molecule has 0 aliphatic carbocycles. The molecule has 1 heterocycles. The van der Waals surface area contributed by atoms with E-state index in [1.54, 1.807) is 13.8 Å². The summed E-state index contributed by atoms with van der Waals surface area (Å²) < 4.78 is 44.2. The Kier molecular flexibility index (Phi) is 3.34. The molecule has 0 bridgehead atoms.